The zero-order chi connectivity index (χ0) is 20.3. The standard InChI is InChI=1S/C25H26F3N/c26-25(27,28)24-11-5-4-10-23(24)21-14-12-19(13-15-21)17-29-16-6-9-22(18-29)20-7-2-1-3-8-20/h2,4-5,7-8,10-15,22H,1,3,6,9,16-18H2. The topological polar surface area (TPSA) is 3.24 Å². The number of hydrogen-bond acceptors (Lipinski definition) is 1. The Morgan fingerprint density at radius 2 is 1.76 bits per heavy atom. The molecule has 1 nitrogen and oxygen atoms in total. The van der Waals surface area contributed by atoms with Crippen LogP contribution in [0.25, 0.3) is 11.1 Å². The Labute approximate surface area is 170 Å². The number of alkyl halides is 3. The van der Waals surface area contributed by atoms with Gasteiger partial charge >= 0.3 is 6.18 Å². The Balaban J connectivity index is 1.45. The van der Waals surface area contributed by atoms with Crippen molar-refractivity contribution in [3.05, 3.63) is 83.5 Å². The maximum atomic E-state index is 13.3. The Hall–Kier alpha value is -2.33. The predicted octanol–water partition coefficient (Wildman–Crippen LogP) is 6.86. The smallest absolute Gasteiger partial charge is 0.298 e. The van der Waals surface area contributed by atoms with Crippen LogP contribution in [-0.2, 0) is 12.7 Å². The third kappa shape index (κ3) is 4.81. The molecule has 0 radical (unpaired) electrons. The zero-order valence-corrected chi connectivity index (χ0v) is 16.5. The highest BCUT2D eigenvalue weighted by molar-refractivity contribution is 5.68. The van der Waals surface area contributed by atoms with E-state index in [0.717, 1.165) is 44.1 Å². The van der Waals surface area contributed by atoms with Gasteiger partial charge in [-0.05, 0) is 66.5 Å². The van der Waals surface area contributed by atoms with Crippen molar-refractivity contribution in [1.82, 2.24) is 4.90 Å². The minimum atomic E-state index is -4.35. The SMILES string of the molecule is FC(F)(F)c1ccccc1-c1ccc(CN2CCCC(C3=CCCC=C3)C2)cc1. The molecule has 1 aliphatic carbocycles. The van der Waals surface area contributed by atoms with Crippen LogP contribution in [-0.4, -0.2) is 18.0 Å². The van der Waals surface area contributed by atoms with Gasteiger partial charge in [0.15, 0.2) is 0 Å². The molecule has 2 aromatic rings. The molecule has 29 heavy (non-hydrogen) atoms. The summed E-state index contributed by atoms with van der Waals surface area (Å²) in [6.45, 7) is 2.97. The van der Waals surface area contributed by atoms with Gasteiger partial charge in [0.05, 0.1) is 5.56 Å². The first kappa shape index (κ1) is 20.0. The summed E-state index contributed by atoms with van der Waals surface area (Å²) in [5, 5.41) is 0. The van der Waals surface area contributed by atoms with Crippen molar-refractivity contribution in [3.8, 4) is 11.1 Å². The van der Waals surface area contributed by atoms with Crippen LogP contribution in [0.2, 0.25) is 0 Å². The minimum Gasteiger partial charge on any atom is -0.298 e. The summed E-state index contributed by atoms with van der Waals surface area (Å²) in [5.41, 5.74) is 2.88. The Bertz CT molecular complexity index is 893. The highest BCUT2D eigenvalue weighted by Crippen LogP contribution is 2.37. The van der Waals surface area contributed by atoms with E-state index in [-0.39, 0.29) is 5.56 Å². The molecule has 0 amide bonds. The molecule has 1 aliphatic heterocycles. The van der Waals surface area contributed by atoms with Crippen molar-refractivity contribution < 1.29 is 13.2 Å². The van der Waals surface area contributed by atoms with Crippen molar-refractivity contribution in [3.63, 3.8) is 0 Å². The quantitative estimate of drug-likeness (QED) is 0.545. The van der Waals surface area contributed by atoms with E-state index in [0.29, 0.717) is 11.5 Å². The van der Waals surface area contributed by atoms with Gasteiger partial charge in [-0.15, -0.1) is 0 Å². The highest BCUT2D eigenvalue weighted by atomic mass is 19.4. The molecule has 0 spiro atoms. The molecular weight excluding hydrogens is 371 g/mol. The van der Waals surface area contributed by atoms with Crippen LogP contribution in [0, 0.1) is 5.92 Å². The summed E-state index contributed by atoms with van der Waals surface area (Å²) >= 11 is 0. The normalized spacial score (nSPS) is 20.5. The molecule has 4 rings (SSSR count). The number of allylic oxidation sites excluding steroid dienone is 3. The van der Waals surface area contributed by atoms with Gasteiger partial charge in [-0.3, -0.25) is 4.90 Å². The second kappa shape index (κ2) is 8.58. The number of benzene rings is 2. The molecule has 0 aromatic heterocycles. The van der Waals surface area contributed by atoms with Gasteiger partial charge in [-0.2, -0.15) is 13.2 Å². The lowest BCUT2D eigenvalue weighted by Crippen LogP contribution is -2.35. The predicted molar refractivity (Wildman–Crippen MR) is 111 cm³/mol. The van der Waals surface area contributed by atoms with Crippen molar-refractivity contribution in [1.29, 1.82) is 0 Å². The van der Waals surface area contributed by atoms with Crippen LogP contribution in [0.4, 0.5) is 13.2 Å². The lowest BCUT2D eigenvalue weighted by Gasteiger charge is -2.34. The van der Waals surface area contributed by atoms with E-state index >= 15 is 0 Å². The largest absolute Gasteiger partial charge is 0.417 e. The van der Waals surface area contributed by atoms with E-state index in [1.807, 2.05) is 24.3 Å². The lowest BCUT2D eigenvalue weighted by atomic mass is 9.87. The number of nitrogens with zero attached hydrogens (tertiary/aromatic N) is 1. The minimum absolute atomic E-state index is 0.237. The monoisotopic (exact) mass is 397 g/mol. The van der Waals surface area contributed by atoms with Crippen LogP contribution in [0.15, 0.2) is 72.3 Å². The van der Waals surface area contributed by atoms with Crippen molar-refractivity contribution in [2.24, 2.45) is 5.92 Å². The summed E-state index contributed by atoms with van der Waals surface area (Å²) in [6.07, 6.45) is 7.29. The van der Waals surface area contributed by atoms with Crippen molar-refractivity contribution in [2.75, 3.05) is 13.1 Å². The first-order chi connectivity index (χ1) is 14.0. The van der Waals surface area contributed by atoms with Crippen molar-refractivity contribution in [2.45, 2.75) is 38.4 Å². The highest BCUT2D eigenvalue weighted by Gasteiger charge is 2.33. The van der Waals surface area contributed by atoms with Gasteiger partial charge in [0.2, 0.25) is 0 Å². The Kier molecular flexibility index (Phi) is 5.91. The summed E-state index contributed by atoms with van der Waals surface area (Å²) in [4.78, 5) is 2.47. The molecule has 1 unspecified atom stereocenters. The maximum Gasteiger partial charge on any atom is 0.417 e. The number of rotatable bonds is 4. The second-order valence-corrected chi connectivity index (χ2v) is 8.00. The van der Waals surface area contributed by atoms with E-state index in [4.69, 9.17) is 0 Å². The average Bonchev–Trinajstić information content (AvgIpc) is 2.75. The molecule has 0 bridgehead atoms. The molecule has 0 N–H and O–H groups in total. The van der Waals surface area contributed by atoms with E-state index in [9.17, 15) is 13.2 Å². The molecular formula is C25H26F3N. The summed E-state index contributed by atoms with van der Waals surface area (Å²) in [6, 6.07) is 13.3. The van der Waals surface area contributed by atoms with Crippen LogP contribution in [0.5, 0.6) is 0 Å². The van der Waals surface area contributed by atoms with Crippen LogP contribution < -0.4 is 0 Å². The molecule has 0 saturated carbocycles. The van der Waals surface area contributed by atoms with Gasteiger partial charge in [-0.25, -0.2) is 0 Å². The maximum absolute atomic E-state index is 13.3. The molecule has 2 aromatic carbocycles. The molecule has 1 atom stereocenters. The fourth-order valence-electron chi connectivity index (χ4n) is 4.44. The van der Waals surface area contributed by atoms with Crippen molar-refractivity contribution >= 4 is 0 Å². The molecule has 1 saturated heterocycles. The Morgan fingerprint density at radius 1 is 0.966 bits per heavy atom. The fourth-order valence-corrected chi connectivity index (χ4v) is 4.44. The third-order valence-electron chi connectivity index (χ3n) is 5.90. The zero-order valence-electron chi connectivity index (χ0n) is 16.5. The van der Waals surface area contributed by atoms with E-state index in [1.54, 1.807) is 12.1 Å². The van der Waals surface area contributed by atoms with E-state index < -0.39 is 11.7 Å². The first-order valence-corrected chi connectivity index (χ1v) is 10.4. The number of halogens is 3. The fraction of sp³-hybridized carbons (Fsp3) is 0.360. The summed E-state index contributed by atoms with van der Waals surface area (Å²) < 4.78 is 39.9. The van der Waals surface area contributed by atoms with Gasteiger partial charge in [-0.1, -0.05) is 60.7 Å². The van der Waals surface area contributed by atoms with E-state index in [2.05, 4.69) is 23.1 Å². The molecule has 152 valence electrons. The summed E-state index contributed by atoms with van der Waals surface area (Å²) in [7, 11) is 0. The summed E-state index contributed by atoms with van der Waals surface area (Å²) in [5.74, 6) is 0.596. The lowest BCUT2D eigenvalue weighted by molar-refractivity contribution is -0.137. The first-order valence-electron chi connectivity index (χ1n) is 10.4. The number of hydrogen-bond donors (Lipinski definition) is 0. The average molecular weight is 397 g/mol. The van der Waals surface area contributed by atoms with Gasteiger partial charge < -0.3 is 0 Å². The van der Waals surface area contributed by atoms with Gasteiger partial charge in [0, 0.05) is 13.1 Å². The number of piperidine rings is 1. The van der Waals surface area contributed by atoms with Gasteiger partial charge in [0.1, 0.15) is 0 Å². The number of likely N-dealkylation sites (tertiary alicyclic amines) is 1. The molecule has 1 heterocycles. The molecule has 1 fully saturated rings. The second-order valence-electron chi connectivity index (χ2n) is 8.00. The van der Waals surface area contributed by atoms with Crippen LogP contribution >= 0.6 is 0 Å². The third-order valence-corrected chi connectivity index (χ3v) is 5.90. The van der Waals surface area contributed by atoms with Gasteiger partial charge in [0.25, 0.3) is 0 Å². The Morgan fingerprint density at radius 3 is 2.48 bits per heavy atom. The van der Waals surface area contributed by atoms with Crippen LogP contribution in [0.3, 0.4) is 0 Å². The molecule has 4 heteroatoms. The van der Waals surface area contributed by atoms with Crippen LogP contribution in [0.1, 0.15) is 36.8 Å². The van der Waals surface area contributed by atoms with E-state index in [1.165, 1.54) is 24.5 Å². The molecule has 2 aliphatic rings.